The first-order chi connectivity index (χ1) is 14.2. The number of likely N-dealkylation sites (tertiary alicyclic amines) is 1. The molecule has 10 heteroatoms. The third-order valence-electron chi connectivity index (χ3n) is 5.89. The quantitative estimate of drug-likeness (QED) is 0.689. The number of carbonyl (C=O) groups excluding carboxylic acids is 2. The zero-order chi connectivity index (χ0) is 21.9. The van der Waals surface area contributed by atoms with Gasteiger partial charge in [-0.1, -0.05) is 0 Å². The van der Waals surface area contributed by atoms with Gasteiger partial charge in [-0.25, -0.2) is 4.98 Å². The van der Waals surface area contributed by atoms with Crippen molar-refractivity contribution in [3.63, 3.8) is 0 Å². The number of carboxylic acid groups (broad SMARTS) is 1. The van der Waals surface area contributed by atoms with Crippen LogP contribution >= 0.6 is 0 Å². The topological polar surface area (TPSA) is 91.8 Å². The summed E-state index contributed by atoms with van der Waals surface area (Å²) in [6, 6.07) is 1.11. The van der Waals surface area contributed by atoms with Gasteiger partial charge in [-0.2, -0.15) is 13.2 Å². The van der Waals surface area contributed by atoms with Crippen LogP contribution < -0.4 is 14.6 Å². The Balaban J connectivity index is 1.62. The fourth-order valence-electron chi connectivity index (χ4n) is 4.19. The zero-order valence-electron chi connectivity index (χ0n) is 16.6. The number of nitrogens with zero attached hydrogens (tertiary/aromatic N) is 2. The van der Waals surface area contributed by atoms with E-state index in [9.17, 15) is 27.9 Å². The number of rotatable bonds is 6. The van der Waals surface area contributed by atoms with Crippen molar-refractivity contribution < 1.29 is 37.3 Å². The molecule has 1 aliphatic heterocycles. The molecule has 0 unspecified atom stereocenters. The maximum Gasteiger partial charge on any atom is 0.391 e. The summed E-state index contributed by atoms with van der Waals surface area (Å²) in [7, 11) is 1.41. The normalized spacial score (nSPS) is 24.5. The lowest BCUT2D eigenvalue weighted by Gasteiger charge is -2.33. The first kappa shape index (κ1) is 22.2. The molecule has 30 heavy (non-hydrogen) atoms. The summed E-state index contributed by atoms with van der Waals surface area (Å²) >= 11 is 0. The van der Waals surface area contributed by atoms with Gasteiger partial charge in [-0.05, 0) is 38.5 Å². The summed E-state index contributed by atoms with van der Waals surface area (Å²) in [5, 5.41) is 11.3. The van der Waals surface area contributed by atoms with Crippen molar-refractivity contribution in [2.24, 2.45) is 11.8 Å². The Morgan fingerprint density at radius 2 is 1.93 bits per heavy atom. The SMILES string of the molecule is COc1cnc(C(=O)[O-])c(OC[C@H]2CCCN2C(=O)C2CCC(C(F)(F)F)CC2)c1. The van der Waals surface area contributed by atoms with Gasteiger partial charge in [0.2, 0.25) is 5.91 Å². The Hall–Kier alpha value is -2.52. The van der Waals surface area contributed by atoms with Crippen LogP contribution in [-0.2, 0) is 4.79 Å². The second-order valence-corrected chi connectivity index (χ2v) is 7.74. The predicted octanol–water partition coefficient (Wildman–Crippen LogP) is 2.19. The number of halogens is 3. The van der Waals surface area contributed by atoms with E-state index >= 15 is 0 Å². The Labute approximate surface area is 172 Å². The lowest BCUT2D eigenvalue weighted by atomic mass is 9.81. The van der Waals surface area contributed by atoms with Crippen LogP contribution in [0, 0.1) is 11.8 Å². The minimum absolute atomic E-state index is 0.0145. The van der Waals surface area contributed by atoms with Gasteiger partial charge < -0.3 is 24.3 Å². The summed E-state index contributed by atoms with van der Waals surface area (Å²) in [6.07, 6.45) is -1.16. The van der Waals surface area contributed by atoms with Gasteiger partial charge in [0.15, 0.2) is 5.75 Å². The molecule has 2 fully saturated rings. The van der Waals surface area contributed by atoms with Crippen LogP contribution in [0.2, 0.25) is 0 Å². The number of pyridine rings is 1. The fraction of sp³-hybridized carbons (Fsp3) is 0.650. The van der Waals surface area contributed by atoms with E-state index < -0.39 is 24.0 Å². The number of hydrogen-bond acceptors (Lipinski definition) is 6. The fourth-order valence-corrected chi connectivity index (χ4v) is 4.19. The molecule has 0 N–H and O–H groups in total. The maximum atomic E-state index is 12.9. The molecule has 1 aliphatic carbocycles. The van der Waals surface area contributed by atoms with Crippen LogP contribution in [0.4, 0.5) is 13.2 Å². The van der Waals surface area contributed by atoms with Gasteiger partial charge in [-0.3, -0.25) is 4.79 Å². The molecule has 1 saturated carbocycles. The number of carbonyl (C=O) groups is 2. The smallest absolute Gasteiger partial charge is 0.391 e. The summed E-state index contributed by atoms with van der Waals surface area (Å²) in [5.74, 6) is -3.08. The number of methoxy groups -OCH3 is 1. The third kappa shape index (κ3) is 4.96. The molecule has 0 radical (unpaired) electrons. The highest BCUT2D eigenvalue weighted by Crippen LogP contribution is 2.40. The summed E-state index contributed by atoms with van der Waals surface area (Å²) in [6.45, 7) is 0.564. The number of carboxylic acids is 1. The molecule has 7 nitrogen and oxygen atoms in total. The van der Waals surface area contributed by atoms with Crippen LogP contribution in [0.5, 0.6) is 11.5 Å². The Bertz CT molecular complexity index is 778. The van der Waals surface area contributed by atoms with Crippen molar-refractivity contribution in [1.82, 2.24) is 9.88 Å². The van der Waals surface area contributed by atoms with Crippen molar-refractivity contribution in [3.05, 3.63) is 18.0 Å². The Morgan fingerprint density at radius 1 is 1.23 bits per heavy atom. The second-order valence-electron chi connectivity index (χ2n) is 7.74. The van der Waals surface area contributed by atoms with Crippen molar-refractivity contribution in [1.29, 1.82) is 0 Å². The van der Waals surface area contributed by atoms with Crippen LogP contribution in [-0.4, -0.2) is 54.2 Å². The summed E-state index contributed by atoms with van der Waals surface area (Å²) in [5.41, 5.74) is -0.364. The molecule has 0 spiro atoms. The lowest BCUT2D eigenvalue weighted by Crippen LogP contribution is -2.44. The Kier molecular flexibility index (Phi) is 6.72. The molecule has 2 aliphatic rings. The average molecular weight is 429 g/mol. The van der Waals surface area contributed by atoms with Crippen molar-refractivity contribution in [2.45, 2.75) is 50.7 Å². The highest BCUT2D eigenvalue weighted by Gasteiger charge is 2.44. The van der Waals surface area contributed by atoms with E-state index in [1.165, 1.54) is 19.4 Å². The molecule has 2 heterocycles. The van der Waals surface area contributed by atoms with Gasteiger partial charge in [-0.15, -0.1) is 0 Å². The van der Waals surface area contributed by atoms with Crippen molar-refractivity contribution in [2.75, 3.05) is 20.3 Å². The van der Waals surface area contributed by atoms with Gasteiger partial charge in [0.1, 0.15) is 18.1 Å². The minimum atomic E-state index is -4.21. The Morgan fingerprint density at radius 3 is 2.53 bits per heavy atom. The van der Waals surface area contributed by atoms with E-state index in [4.69, 9.17) is 9.47 Å². The average Bonchev–Trinajstić information content (AvgIpc) is 3.19. The number of aromatic carboxylic acids is 1. The van der Waals surface area contributed by atoms with Crippen LogP contribution in [0.15, 0.2) is 12.3 Å². The zero-order valence-corrected chi connectivity index (χ0v) is 16.6. The van der Waals surface area contributed by atoms with Gasteiger partial charge in [0.05, 0.1) is 31.2 Å². The maximum absolute atomic E-state index is 12.9. The minimum Gasteiger partial charge on any atom is -0.543 e. The first-order valence-corrected chi connectivity index (χ1v) is 9.96. The lowest BCUT2D eigenvalue weighted by molar-refractivity contribution is -0.255. The largest absolute Gasteiger partial charge is 0.543 e. The number of hydrogen-bond donors (Lipinski definition) is 0. The van der Waals surface area contributed by atoms with Crippen molar-refractivity contribution >= 4 is 11.9 Å². The molecular weight excluding hydrogens is 405 g/mol. The van der Waals surface area contributed by atoms with Gasteiger partial charge in [0.25, 0.3) is 0 Å². The summed E-state index contributed by atoms with van der Waals surface area (Å²) < 4.78 is 49.3. The molecule has 1 aromatic rings. The monoisotopic (exact) mass is 429 g/mol. The van der Waals surface area contributed by atoms with Crippen LogP contribution in [0.1, 0.15) is 49.0 Å². The predicted molar refractivity (Wildman–Crippen MR) is 96.9 cm³/mol. The van der Waals surface area contributed by atoms with E-state index in [0.29, 0.717) is 18.7 Å². The molecule has 1 amide bonds. The molecule has 1 saturated heterocycles. The number of ether oxygens (including phenoxy) is 2. The highest BCUT2D eigenvalue weighted by atomic mass is 19.4. The van der Waals surface area contributed by atoms with Gasteiger partial charge in [0, 0.05) is 18.5 Å². The second kappa shape index (κ2) is 9.09. The number of amides is 1. The molecule has 1 atom stereocenters. The molecule has 166 valence electrons. The highest BCUT2D eigenvalue weighted by molar-refractivity contribution is 5.87. The molecular formula is C20H24F3N2O5-. The van der Waals surface area contributed by atoms with E-state index in [1.807, 2.05) is 0 Å². The first-order valence-electron chi connectivity index (χ1n) is 9.96. The number of aromatic nitrogens is 1. The third-order valence-corrected chi connectivity index (χ3v) is 5.89. The molecule has 1 aromatic heterocycles. The van der Waals surface area contributed by atoms with Gasteiger partial charge >= 0.3 is 6.18 Å². The molecule has 3 rings (SSSR count). The molecule has 0 aromatic carbocycles. The van der Waals surface area contributed by atoms with E-state index in [2.05, 4.69) is 4.98 Å². The van der Waals surface area contributed by atoms with Crippen molar-refractivity contribution in [3.8, 4) is 11.5 Å². The molecule has 0 bridgehead atoms. The van der Waals surface area contributed by atoms with E-state index in [0.717, 1.165) is 6.42 Å². The van der Waals surface area contributed by atoms with E-state index in [-0.39, 0.29) is 55.7 Å². The number of alkyl halides is 3. The standard InChI is InChI=1S/C20H25F3N2O5/c1-29-15-9-16(17(19(27)28)24-10-15)30-11-14-3-2-8-25(14)18(26)12-4-6-13(7-5-12)20(21,22)23/h9-10,12-14H,2-8,11H2,1H3,(H,27,28)/p-1/t12?,13?,14-/m1/s1. The van der Waals surface area contributed by atoms with Crippen LogP contribution in [0.25, 0.3) is 0 Å². The van der Waals surface area contributed by atoms with E-state index in [1.54, 1.807) is 4.90 Å². The van der Waals surface area contributed by atoms with Crippen LogP contribution in [0.3, 0.4) is 0 Å². The summed E-state index contributed by atoms with van der Waals surface area (Å²) in [4.78, 5) is 29.6.